The summed E-state index contributed by atoms with van der Waals surface area (Å²) in [4.78, 5) is 4.47. The van der Waals surface area contributed by atoms with E-state index in [1.807, 2.05) is 18.0 Å². The molecule has 1 aliphatic heterocycles. The second-order valence-electron chi connectivity index (χ2n) is 4.02. The predicted octanol–water partition coefficient (Wildman–Crippen LogP) is 2.47. The van der Waals surface area contributed by atoms with Crippen LogP contribution in [0.15, 0.2) is 11.6 Å². The summed E-state index contributed by atoms with van der Waals surface area (Å²) in [5.74, 6) is 2.41. The van der Waals surface area contributed by atoms with Crippen molar-refractivity contribution in [3.05, 3.63) is 16.6 Å². The second kappa shape index (κ2) is 4.21. The maximum atomic E-state index is 4.47. The molecule has 1 unspecified atom stereocenters. The maximum Gasteiger partial charge on any atom is 0.114 e. The van der Waals surface area contributed by atoms with Gasteiger partial charge in [-0.1, -0.05) is 0 Å². The number of rotatable bonds is 3. The van der Waals surface area contributed by atoms with Gasteiger partial charge in [0.1, 0.15) is 5.01 Å². The number of hydrogen-bond acceptors (Lipinski definition) is 4. The minimum atomic E-state index is 0.160. The van der Waals surface area contributed by atoms with E-state index in [9.17, 15) is 0 Å². The number of aromatic nitrogens is 1. The Kier molecular flexibility index (Phi) is 3.14. The molecule has 78 valence electrons. The smallest absolute Gasteiger partial charge is 0.114 e. The quantitative estimate of drug-likeness (QED) is 0.860. The van der Waals surface area contributed by atoms with Crippen molar-refractivity contribution in [1.29, 1.82) is 0 Å². The molecule has 0 saturated carbocycles. The van der Waals surface area contributed by atoms with Crippen LogP contribution in [0.25, 0.3) is 0 Å². The normalized spacial score (nSPS) is 27.4. The van der Waals surface area contributed by atoms with Crippen molar-refractivity contribution in [3.8, 4) is 0 Å². The number of hydrogen-bond donors (Lipinski definition) is 1. The van der Waals surface area contributed by atoms with Crippen LogP contribution >= 0.6 is 23.1 Å². The highest BCUT2D eigenvalue weighted by atomic mass is 32.2. The van der Waals surface area contributed by atoms with Gasteiger partial charge in [0.15, 0.2) is 0 Å². The third-order valence-corrected chi connectivity index (χ3v) is 4.60. The van der Waals surface area contributed by atoms with Crippen LogP contribution in [0.4, 0.5) is 0 Å². The average molecular weight is 228 g/mol. The fourth-order valence-electron chi connectivity index (χ4n) is 1.92. The minimum absolute atomic E-state index is 0.160. The number of nitrogens with zero attached hydrogens (tertiary/aromatic N) is 1. The third kappa shape index (κ3) is 1.97. The largest absolute Gasteiger partial charge is 0.302 e. The van der Waals surface area contributed by atoms with Gasteiger partial charge in [-0.2, -0.15) is 11.8 Å². The molecule has 1 aliphatic rings. The van der Waals surface area contributed by atoms with Gasteiger partial charge >= 0.3 is 0 Å². The second-order valence-corrected chi connectivity index (χ2v) is 6.02. The molecule has 1 aromatic heterocycles. The molecule has 2 heterocycles. The van der Waals surface area contributed by atoms with Crippen LogP contribution in [-0.4, -0.2) is 22.5 Å². The van der Waals surface area contributed by atoms with Crippen molar-refractivity contribution >= 4 is 23.1 Å². The van der Waals surface area contributed by atoms with Gasteiger partial charge in [-0.05, 0) is 26.0 Å². The molecule has 1 fully saturated rings. The molecule has 0 aromatic carbocycles. The monoisotopic (exact) mass is 228 g/mol. The Morgan fingerprint density at radius 1 is 1.57 bits per heavy atom. The summed E-state index contributed by atoms with van der Waals surface area (Å²) in [6, 6.07) is 0.526. The van der Waals surface area contributed by atoms with Crippen LogP contribution in [0.3, 0.4) is 0 Å². The third-order valence-electron chi connectivity index (χ3n) is 2.43. The molecule has 1 N–H and O–H groups in total. The lowest BCUT2D eigenvalue weighted by Gasteiger charge is -2.29. The van der Waals surface area contributed by atoms with Crippen LogP contribution in [0, 0.1) is 0 Å². The molecule has 2 nitrogen and oxygen atoms in total. The van der Waals surface area contributed by atoms with Crippen LogP contribution in [0.2, 0.25) is 0 Å². The van der Waals surface area contributed by atoms with Gasteiger partial charge in [-0.25, -0.2) is 4.98 Å². The number of thioether (sulfide) groups is 1. The van der Waals surface area contributed by atoms with E-state index in [0.717, 1.165) is 0 Å². The molecular formula is C10H16N2S2. The van der Waals surface area contributed by atoms with Crippen molar-refractivity contribution < 1.29 is 0 Å². The van der Waals surface area contributed by atoms with Gasteiger partial charge < -0.3 is 5.32 Å². The molecule has 1 aromatic rings. The first-order valence-electron chi connectivity index (χ1n) is 4.98. The molecule has 0 spiro atoms. The highest BCUT2D eigenvalue weighted by Gasteiger charge is 2.38. The first kappa shape index (κ1) is 10.5. The Morgan fingerprint density at radius 2 is 2.43 bits per heavy atom. The summed E-state index contributed by atoms with van der Waals surface area (Å²) in [6.45, 7) is 4.41. The summed E-state index contributed by atoms with van der Waals surface area (Å²) >= 11 is 3.80. The minimum Gasteiger partial charge on any atom is -0.302 e. The highest BCUT2D eigenvalue weighted by molar-refractivity contribution is 7.99. The Hall–Kier alpha value is -0.0600. The van der Waals surface area contributed by atoms with E-state index >= 15 is 0 Å². The Labute approximate surface area is 93.5 Å². The zero-order valence-corrected chi connectivity index (χ0v) is 10.3. The van der Waals surface area contributed by atoms with Crippen molar-refractivity contribution in [2.24, 2.45) is 0 Å². The van der Waals surface area contributed by atoms with E-state index in [4.69, 9.17) is 0 Å². The molecule has 14 heavy (non-hydrogen) atoms. The summed E-state index contributed by atoms with van der Waals surface area (Å²) in [5.41, 5.74) is 0.160. The summed E-state index contributed by atoms with van der Waals surface area (Å²) in [5, 5.41) is 7.02. The predicted molar refractivity (Wildman–Crippen MR) is 64.0 cm³/mol. The van der Waals surface area contributed by atoms with E-state index in [0.29, 0.717) is 6.04 Å². The lowest BCUT2D eigenvalue weighted by Crippen LogP contribution is -2.46. The van der Waals surface area contributed by atoms with E-state index in [-0.39, 0.29) is 5.54 Å². The molecule has 0 bridgehead atoms. The molecular weight excluding hydrogens is 212 g/mol. The van der Waals surface area contributed by atoms with E-state index in [1.54, 1.807) is 11.3 Å². The standard InChI is InChI=1S/C10H16N2S2/c1-8(2)12-10(3-5-13-7-10)9-11-4-6-14-9/h4,6,8,12H,3,5,7H2,1-2H3. The highest BCUT2D eigenvalue weighted by Crippen LogP contribution is 2.38. The van der Waals surface area contributed by atoms with Gasteiger partial charge in [-0.15, -0.1) is 11.3 Å². The Bertz CT molecular complexity index is 276. The van der Waals surface area contributed by atoms with Gasteiger partial charge in [0, 0.05) is 23.4 Å². The summed E-state index contributed by atoms with van der Waals surface area (Å²) in [7, 11) is 0. The summed E-state index contributed by atoms with van der Waals surface area (Å²) in [6.07, 6.45) is 3.12. The van der Waals surface area contributed by atoms with Crippen molar-refractivity contribution in [3.63, 3.8) is 0 Å². The van der Waals surface area contributed by atoms with E-state index in [2.05, 4.69) is 29.5 Å². The van der Waals surface area contributed by atoms with Crippen LogP contribution in [0.5, 0.6) is 0 Å². The molecule has 0 amide bonds. The van der Waals surface area contributed by atoms with Gasteiger partial charge in [0.05, 0.1) is 5.54 Å². The first-order valence-corrected chi connectivity index (χ1v) is 7.02. The molecule has 1 atom stereocenters. The number of nitrogens with one attached hydrogen (secondary N) is 1. The molecule has 4 heteroatoms. The van der Waals surface area contributed by atoms with Crippen LogP contribution in [0.1, 0.15) is 25.3 Å². The zero-order chi connectivity index (χ0) is 10.0. The SMILES string of the molecule is CC(C)NC1(c2nccs2)CCSC1. The molecule has 0 radical (unpaired) electrons. The van der Waals surface area contributed by atoms with Crippen molar-refractivity contribution in [2.75, 3.05) is 11.5 Å². The Morgan fingerprint density at radius 3 is 2.93 bits per heavy atom. The maximum absolute atomic E-state index is 4.47. The fourth-order valence-corrected chi connectivity index (χ4v) is 4.19. The molecule has 1 saturated heterocycles. The number of thiazole rings is 1. The van der Waals surface area contributed by atoms with Gasteiger partial charge in [0.25, 0.3) is 0 Å². The van der Waals surface area contributed by atoms with Gasteiger partial charge in [0.2, 0.25) is 0 Å². The zero-order valence-electron chi connectivity index (χ0n) is 8.62. The Balaban J connectivity index is 2.22. The molecule has 0 aliphatic carbocycles. The van der Waals surface area contributed by atoms with E-state index < -0.39 is 0 Å². The lowest BCUT2D eigenvalue weighted by atomic mass is 9.99. The van der Waals surface area contributed by atoms with Crippen molar-refractivity contribution in [1.82, 2.24) is 10.3 Å². The van der Waals surface area contributed by atoms with Crippen LogP contribution < -0.4 is 5.32 Å². The van der Waals surface area contributed by atoms with Gasteiger partial charge in [-0.3, -0.25) is 0 Å². The average Bonchev–Trinajstić information content (AvgIpc) is 2.69. The first-order chi connectivity index (χ1) is 6.73. The molecule has 2 rings (SSSR count). The van der Waals surface area contributed by atoms with E-state index in [1.165, 1.54) is 22.9 Å². The topological polar surface area (TPSA) is 24.9 Å². The lowest BCUT2D eigenvalue weighted by molar-refractivity contribution is 0.341. The fraction of sp³-hybridized carbons (Fsp3) is 0.700. The van der Waals surface area contributed by atoms with Crippen LogP contribution in [-0.2, 0) is 5.54 Å². The van der Waals surface area contributed by atoms with Crippen molar-refractivity contribution in [2.45, 2.75) is 31.8 Å². The summed E-state index contributed by atoms with van der Waals surface area (Å²) < 4.78 is 0.